The predicted octanol–water partition coefficient (Wildman–Crippen LogP) is 6.23. The van der Waals surface area contributed by atoms with Gasteiger partial charge in [0.25, 0.3) is 0 Å². The molecular formula is C37H27Br2NO7. The van der Waals surface area contributed by atoms with Crippen LogP contribution in [0.4, 0.5) is 0 Å². The van der Waals surface area contributed by atoms with Crippen LogP contribution in [-0.4, -0.2) is 47.1 Å². The number of rotatable bonds is 7. The van der Waals surface area contributed by atoms with E-state index in [-0.39, 0.29) is 11.3 Å². The predicted molar refractivity (Wildman–Crippen MR) is 178 cm³/mol. The van der Waals surface area contributed by atoms with Crippen LogP contribution in [0.1, 0.15) is 55.5 Å². The molecule has 0 spiro atoms. The summed E-state index contributed by atoms with van der Waals surface area (Å²) in [6, 6.07) is 27.0. The molecule has 0 N–H and O–H groups in total. The topological polar surface area (TPSA) is 107 Å². The molecule has 4 aliphatic rings. The van der Waals surface area contributed by atoms with Crippen molar-refractivity contribution in [2.24, 2.45) is 11.8 Å². The number of imide groups is 1. The number of nitrogens with zero attached hydrogens (tertiary/aromatic N) is 1. The Morgan fingerprint density at radius 3 is 1.64 bits per heavy atom. The number of hydrogen-bond donors (Lipinski definition) is 0. The lowest BCUT2D eigenvalue weighted by Gasteiger charge is -2.55. The number of halogens is 2. The van der Waals surface area contributed by atoms with Crippen molar-refractivity contribution in [1.29, 1.82) is 0 Å². The molecule has 8 rings (SSSR count). The summed E-state index contributed by atoms with van der Waals surface area (Å²) < 4.78 is 8.76. The number of carbonyl (C=O) groups is 5. The van der Waals surface area contributed by atoms with E-state index in [1.54, 1.807) is 24.3 Å². The van der Waals surface area contributed by atoms with Crippen LogP contribution in [0.3, 0.4) is 0 Å². The van der Waals surface area contributed by atoms with Crippen LogP contribution < -0.4 is 4.74 Å². The van der Waals surface area contributed by atoms with Gasteiger partial charge < -0.3 is 9.47 Å². The molecule has 3 atom stereocenters. The normalized spacial score (nSPS) is 24.2. The molecule has 2 amide bonds. The third-order valence-corrected chi connectivity index (χ3v) is 12.1. The summed E-state index contributed by atoms with van der Waals surface area (Å²) in [5, 5.41) is 0. The van der Waals surface area contributed by atoms with Gasteiger partial charge in [0.2, 0.25) is 11.8 Å². The first-order valence-electron chi connectivity index (χ1n) is 15.0. The molecule has 3 unspecified atom stereocenters. The number of esters is 2. The van der Waals surface area contributed by atoms with E-state index < -0.39 is 62.7 Å². The summed E-state index contributed by atoms with van der Waals surface area (Å²) in [5.41, 5.74) is 5.18. The van der Waals surface area contributed by atoms with Crippen molar-refractivity contribution in [1.82, 2.24) is 4.90 Å². The molecule has 4 aromatic carbocycles. The van der Waals surface area contributed by atoms with E-state index in [1.807, 2.05) is 55.5 Å². The molecule has 10 heteroatoms. The quantitative estimate of drug-likeness (QED) is 0.0724. The van der Waals surface area contributed by atoms with Gasteiger partial charge >= 0.3 is 11.9 Å². The standard InChI is InChI=1S/C37H27Br2NO7/c1-20-11-13-23(14-12-20)35(45)47-24-17-15-22(16-18-24)29(41)19-46-34(44)21(2)40-32(42)30-31(33(40)43)37(39)26-8-4-3-7-25(26)36(30,38)27-9-5-6-10-28(27)37/h3-18,21,30-31H,19H2,1-2H3. The van der Waals surface area contributed by atoms with Gasteiger partial charge in [-0.2, -0.15) is 0 Å². The van der Waals surface area contributed by atoms with E-state index in [0.29, 0.717) is 5.56 Å². The fraction of sp³-hybridized carbons (Fsp3) is 0.216. The van der Waals surface area contributed by atoms with Crippen LogP contribution in [-0.2, 0) is 27.8 Å². The highest BCUT2D eigenvalue weighted by Gasteiger charge is 2.73. The number of Topliss-reactive ketones (excluding diaryl/α,β-unsaturated/α-hetero) is 1. The zero-order valence-corrected chi connectivity index (χ0v) is 28.4. The summed E-state index contributed by atoms with van der Waals surface area (Å²) in [7, 11) is 0. The van der Waals surface area contributed by atoms with Gasteiger partial charge in [-0.05, 0) is 72.5 Å². The van der Waals surface area contributed by atoms with E-state index in [9.17, 15) is 24.0 Å². The van der Waals surface area contributed by atoms with Crippen molar-refractivity contribution < 1.29 is 33.4 Å². The number of amides is 2. The van der Waals surface area contributed by atoms with Crippen molar-refractivity contribution in [3.05, 3.63) is 136 Å². The molecule has 1 fully saturated rings. The number of hydrogen-bond acceptors (Lipinski definition) is 7. The van der Waals surface area contributed by atoms with Crippen LogP contribution in [0.15, 0.2) is 97.1 Å². The fourth-order valence-corrected chi connectivity index (χ4v) is 9.38. The van der Waals surface area contributed by atoms with Gasteiger partial charge in [0, 0.05) is 5.56 Å². The third kappa shape index (κ3) is 4.64. The Kier molecular flexibility index (Phi) is 7.56. The minimum absolute atomic E-state index is 0.231. The van der Waals surface area contributed by atoms with E-state index in [2.05, 4.69) is 31.9 Å². The average Bonchev–Trinajstić information content (AvgIpc) is 3.36. The first kappa shape index (κ1) is 31.2. The second-order valence-corrected chi connectivity index (χ2v) is 14.5. The second kappa shape index (κ2) is 11.4. The van der Waals surface area contributed by atoms with Gasteiger partial charge in [-0.1, -0.05) is 98.1 Å². The zero-order chi connectivity index (χ0) is 33.2. The first-order chi connectivity index (χ1) is 22.5. The smallest absolute Gasteiger partial charge is 0.343 e. The SMILES string of the molecule is Cc1ccc(C(=O)Oc2ccc(C(=O)COC(=O)C(C)N3C(=O)C4C(C3=O)C3(Br)c5ccccc5C4(Br)c4ccccc43)cc2)cc1. The van der Waals surface area contributed by atoms with Crippen LogP contribution in [0.5, 0.6) is 5.75 Å². The highest BCUT2D eigenvalue weighted by molar-refractivity contribution is 9.10. The highest BCUT2D eigenvalue weighted by atomic mass is 79.9. The number of alkyl halides is 2. The molecule has 8 nitrogen and oxygen atoms in total. The Balaban J connectivity index is 1.06. The molecule has 2 bridgehead atoms. The van der Waals surface area contributed by atoms with Gasteiger partial charge in [0.15, 0.2) is 12.4 Å². The lowest BCUT2D eigenvalue weighted by Crippen LogP contribution is -2.56. The monoisotopic (exact) mass is 755 g/mol. The molecule has 0 radical (unpaired) electrons. The van der Waals surface area contributed by atoms with Gasteiger partial charge in [0.1, 0.15) is 11.8 Å². The maximum absolute atomic E-state index is 14.2. The number of carbonyl (C=O) groups excluding carboxylic acids is 5. The number of ether oxygens (including phenoxy) is 2. The van der Waals surface area contributed by atoms with Gasteiger partial charge in [-0.25, -0.2) is 9.59 Å². The van der Waals surface area contributed by atoms with Crippen molar-refractivity contribution in [2.45, 2.75) is 28.5 Å². The Morgan fingerprint density at radius 1 is 0.723 bits per heavy atom. The summed E-state index contributed by atoms with van der Waals surface area (Å²) in [5.74, 6) is -4.29. The number of aryl methyl sites for hydroxylation is 1. The Morgan fingerprint density at radius 2 is 1.17 bits per heavy atom. The van der Waals surface area contributed by atoms with Crippen LogP contribution in [0, 0.1) is 18.8 Å². The molecule has 0 saturated carbocycles. The van der Waals surface area contributed by atoms with Crippen molar-refractivity contribution in [3.8, 4) is 5.75 Å². The van der Waals surface area contributed by atoms with Gasteiger partial charge in [0.05, 0.1) is 26.0 Å². The van der Waals surface area contributed by atoms with E-state index in [1.165, 1.54) is 31.2 Å². The number of ketones is 1. The van der Waals surface area contributed by atoms with E-state index >= 15 is 0 Å². The molecule has 1 heterocycles. The van der Waals surface area contributed by atoms with Gasteiger partial charge in [-0.3, -0.25) is 19.3 Å². The molecule has 4 aromatic rings. The van der Waals surface area contributed by atoms with E-state index in [0.717, 1.165) is 32.7 Å². The molecule has 236 valence electrons. The maximum Gasteiger partial charge on any atom is 0.343 e. The van der Waals surface area contributed by atoms with Crippen LogP contribution in [0.2, 0.25) is 0 Å². The molecule has 1 saturated heterocycles. The first-order valence-corrected chi connectivity index (χ1v) is 16.6. The molecule has 1 aliphatic heterocycles. The lowest BCUT2D eigenvalue weighted by molar-refractivity contribution is -0.157. The Labute approximate surface area is 287 Å². The minimum Gasteiger partial charge on any atom is -0.456 e. The second-order valence-electron chi connectivity index (χ2n) is 12.0. The summed E-state index contributed by atoms with van der Waals surface area (Å²) in [6.45, 7) is 2.75. The summed E-state index contributed by atoms with van der Waals surface area (Å²) >= 11 is 7.88. The molecular weight excluding hydrogens is 730 g/mol. The Bertz CT molecular complexity index is 1870. The molecule has 47 heavy (non-hydrogen) atoms. The molecule has 0 aromatic heterocycles. The van der Waals surface area contributed by atoms with Crippen LogP contribution >= 0.6 is 31.9 Å². The summed E-state index contributed by atoms with van der Waals surface area (Å²) in [6.07, 6.45) is 0. The highest BCUT2D eigenvalue weighted by Crippen LogP contribution is 2.70. The summed E-state index contributed by atoms with van der Waals surface area (Å²) in [4.78, 5) is 67.9. The molecule has 3 aliphatic carbocycles. The van der Waals surface area contributed by atoms with Crippen molar-refractivity contribution >= 4 is 61.4 Å². The van der Waals surface area contributed by atoms with Crippen molar-refractivity contribution in [2.75, 3.05) is 6.61 Å². The number of benzene rings is 4. The van der Waals surface area contributed by atoms with Crippen LogP contribution in [0.25, 0.3) is 0 Å². The maximum atomic E-state index is 14.2. The van der Waals surface area contributed by atoms with E-state index in [4.69, 9.17) is 9.47 Å². The largest absolute Gasteiger partial charge is 0.456 e. The number of likely N-dealkylation sites (tertiary alicyclic amines) is 1. The lowest BCUT2D eigenvalue weighted by atomic mass is 9.54. The van der Waals surface area contributed by atoms with Gasteiger partial charge in [-0.15, -0.1) is 0 Å². The average molecular weight is 757 g/mol. The van der Waals surface area contributed by atoms with Crippen molar-refractivity contribution in [3.63, 3.8) is 0 Å². The fourth-order valence-electron chi connectivity index (χ4n) is 7.08. The minimum atomic E-state index is -1.27. The Hall–Kier alpha value is -4.41. The third-order valence-electron chi connectivity index (χ3n) is 9.37. The zero-order valence-electron chi connectivity index (χ0n) is 25.2.